The normalized spacial score (nSPS) is 13.9. The molecule has 4 rings (SSSR count). The largest absolute Gasteiger partial charge is 0.351 e. The quantitative estimate of drug-likeness (QED) is 0.302. The van der Waals surface area contributed by atoms with E-state index in [9.17, 15) is 9.59 Å². The van der Waals surface area contributed by atoms with E-state index in [-0.39, 0.29) is 29.9 Å². The molecule has 8 heteroatoms. The first-order valence-electron chi connectivity index (χ1n) is 11.7. The number of thiazole rings is 1. The Bertz CT molecular complexity index is 1220. The van der Waals surface area contributed by atoms with E-state index < -0.39 is 0 Å². The van der Waals surface area contributed by atoms with E-state index in [0.29, 0.717) is 24.2 Å². The van der Waals surface area contributed by atoms with Crippen molar-refractivity contribution in [2.75, 3.05) is 14.1 Å². The number of amides is 2. The van der Waals surface area contributed by atoms with Crippen LogP contribution in [-0.2, 0) is 4.79 Å². The molecular weight excluding hydrogens is 458 g/mol. The minimum Gasteiger partial charge on any atom is -0.351 e. The number of H-pyrrole nitrogens is 1. The lowest BCUT2D eigenvalue weighted by atomic mass is 9.98. The zero-order valence-corrected chi connectivity index (χ0v) is 21.0. The van der Waals surface area contributed by atoms with Gasteiger partial charge >= 0.3 is 0 Å². The standard InChI is InChI=1S/C27H31N5O2S/c1-18(29-24(33)15-14-22(32(2)3)19-10-6-4-7-11-19)25(20-12-8-5-9-13-20)31-27(34)21-16-23-26(30-21)28-17-35-23/h4-13,16-18,22,25,30H,14-15H2,1-3H3,(H,29,33)(H,31,34). The highest BCUT2D eigenvalue weighted by atomic mass is 32.1. The summed E-state index contributed by atoms with van der Waals surface area (Å²) in [7, 11) is 4.05. The third kappa shape index (κ3) is 6.15. The van der Waals surface area contributed by atoms with Crippen LogP contribution in [0.2, 0.25) is 0 Å². The van der Waals surface area contributed by atoms with Crippen LogP contribution in [0, 0.1) is 0 Å². The van der Waals surface area contributed by atoms with Crippen LogP contribution in [0.25, 0.3) is 10.3 Å². The van der Waals surface area contributed by atoms with Crippen LogP contribution in [0.15, 0.2) is 72.2 Å². The smallest absolute Gasteiger partial charge is 0.268 e. The third-order valence-electron chi connectivity index (χ3n) is 6.15. The predicted octanol–water partition coefficient (Wildman–Crippen LogP) is 4.68. The second-order valence-corrected chi connectivity index (χ2v) is 9.78. The van der Waals surface area contributed by atoms with Crippen LogP contribution < -0.4 is 10.6 Å². The first-order chi connectivity index (χ1) is 16.9. The minimum atomic E-state index is -0.388. The molecule has 0 fully saturated rings. The number of hydrogen-bond acceptors (Lipinski definition) is 5. The molecule has 0 spiro atoms. The molecule has 0 aliphatic rings. The number of fused-ring (bicyclic) bond motifs is 1. The summed E-state index contributed by atoms with van der Waals surface area (Å²) >= 11 is 1.48. The number of rotatable bonds is 10. The van der Waals surface area contributed by atoms with Gasteiger partial charge in [0.1, 0.15) is 11.3 Å². The maximum absolute atomic E-state index is 13.0. The Morgan fingerprint density at radius 3 is 2.29 bits per heavy atom. The highest BCUT2D eigenvalue weighted by Crippen LogP contribution is 2.24. The highest BCUT2D eigenvalue weighted by molar-refractivity contribution is 7.16. The van der Waals surface area contributed by atoms with E-state index in [1.165, 1.54) is 16.9 Å². The predicted molar refractivity (Wildman–Crippen MR) is 140 cm³/mol. The molecule has 3 atom stereocenters. The summed E-state index contributed by atoms with van der Waals surface area (Å²) in [5.74, 6) is -0.276. The molecule has 2 amide bonds. The zero-order chi connectivity index (χ0) is 24.8. The second-order valence-electron chi connectivity index (χ2n) is 8.90. The van der Waals surface area contributed by atoms with Gasteiger partial charge in [0, 0.05) is 12.5 Å². The molecule has 0 radical (unpaired) electrons. The second kappa shape index (κ2) is 11.3. The van der Waals surface area contributed by atoms with E-state index in [1.807, 2.05) is 69.6 Å². The van der Waals surface area contributed by atoms with Crippen LogP contribution in [0.3, 0.4) is 0 Å². The van der Waals surface area contributed by atoms with Crippen LogP contribution in [-0.4, -0.2) is 46.8 Å². The van der Waals surface area contributed by atoms with Crippen molar-refractivity contribution in [1.29, 1.82) is 0 Å². The van der Waals surface area contributed by atoms with E-state index in [4.69, 9.17) is 0 Å². The summed E-state index contributed by atoms with van der Waals surface area (Å²) in [6.07, 6.45) is 1.08. The van der Waals surface area contributed by atoms with Crippen molar-refractivity contribution in [3.05, 3.63) is 89.1 Å². The number of aromatic nitrogens is 2. The lowest BCUT2D eigenvalue weighted by molar-refractivity contribution is -0.122. The lowest BCUT2D eigenvalue weighted by Crippen LogP contribution is -2.44. The van der Waals surface area contributed by atoms with Gasteiger partial charge in [-0.2, -0.15) is 0 Å². The van der Waals surface area contributed by atoms with Crippen molar-refractivity contribution in [3.63, 3.8) is 0 Å². The van der Waals surface area contributed by atoms with Crippen LogP contribution in [0.1, 0.15) is 53.5 Å². The van der Waals surface area contributed by atoms with Crippen LogP contribution in [0.4, 0.5) is 0 Å². The number of nitrogens with zero attached hydrogens (tertiary/aromatic N) is 2. The summed E-state index contributed by atoms with van der Waals surface area (Å²) in [6.45, 7) is 1.92. The van der Waals surface area contributed by atoms with Gasteiger partial charge in [0.05, 0.1) is 22.3 Å². The molecule has 0 saturated heterocycles. The average Bonchev–Trinajstić information content (AvgIpc) is 3.46. The highest BCUT2D eigenvalue weighted by Gasteiger charge is 2.25. The molecule has 0 saturated carbocycles. The van der Waals surface area contributed by atoms with Gasteiger partial charge in [-0.05, 0) is 44.6 Å². The fraction of sp³-hybridized carbons (Fsp3) is 0.296. The Labute approximate surface area is 209 Å². The van der Waals surface area contributed by atoms with Gasteiger partial charge in [0.25, 0.3) is 5.91 Å². The number of carbonyl (C=O) groups excluding carboxylic acids is 2. The van der Waals surface area contributed by atoms with Crippen LogP contribution in [0.5, 0.6) is 0 Å². The van der Waals surface area contributed by atoms with Crippen molar-refractivity contribution in [3.8, 4) is 0 Å². The first-order valence-corrected chi connectivity index (χ1v) is 12.6. The van der Waals surface area contributed by atoms with Crippen molar-refractivity contribution < 1.29 is 9.59 Å². The lowest BCUT2D eigenvalue weighted by Gasteiger charge is -2.28. The molecule has 2 aromatic heterocycles. The SMILES string of the molecule is CC(NC(=O)CCC(c1ccccc1)N(C)C)C(NC(=O)c1cc2scnc2[nH]1)c1ccccc1. The van der Waals surface area contributed by atoms with Gasteiger partial charge in [-0.1, -0.05) is 60.7 Å². The molecule has 4 aromatic rings. The van der Waals surface area contributed by atoms with Gasteiger partial charge in [0.15, 0.2) is 0 Å². The van der Waals surface area contributed by atoms with Gasteiger partial charge in [-0.25, -0.2) is 4.98 Å². The number of hydrogen-bond donors (Lipinski definition) is 3. The average molecular weight is 490 g/mol. The van der Waals surface area contributed by atoms with Gasteiger partial charge in [0.2, 0.25) is 5.91 Å². The van der Waals surface area contributed by atoms with Crippen molar-refractivity contribution in [2.24, 2.45) is 0 Å². The maximum atomic E-state index is 13.0. The number of nitrogens with one attached hydrogen (secondary N) is 3. The van der Waals surface area contributed by atoms with Gasteiger partial charge in [-0.15, -0.1) is 11.3 Å². The summed E-state index contributed by atoms with van der Waals surface area (Å²) < 4.78 is 0.932. The molecule has 7 nitrogen and oxygen atoms in total. The van der Waals surface area contributed by atoms with Crippen molar-refractivity contribution in [2.45, 2.75) is 37.9 Å². The van der Waals surface area contributed by atoms with Gasteiger partial charge in [-0.3, -0.25) is 9.59 Å². The van der Waals surface area contributed by atoms with E-state index in [1.54, 1.807) is 11.6 Å². The Morgan fingerprint density at radius 1 is 1.00 bits per heavy atom. The third-order valence-corrected chi connectivity index (χ3v) is 6.93. The summed E-state index contributed by atoms with van der Waals surface area (Å²) in [4.78, 5) is 35.4. The number of benzene rings is 2. The fourth-order valence-electron chi connectivity index (χ4n) is 4.32. The molecule has 3 N–H and O–H groups in total. The number of carbonyl (C=O) groups is 2. The molecule has 2 heterocycles. The first kappa shape index (κ1) is 24.6. The molecule has 0 bridgehead atoms. The Morgan fingerprint density at radius 2 is 1.66 bits per heavy atom. The van der Waals surface area contributed by atoms with E-state index in [2.05, 4.69) is 37.6 Å². The summed E-state index contributed by atoms with van der Waals surface area (Å²) in [5, 5.41) is 6.21. The molecule has 0 aliphatic carbocycles. The Hall–Kier alpha value is -3.49. The molecule has 35 heavy (non-hydrogen) atoms. The Kier molecular flexibility index (Phi) is 7.94. The Balaban J connectivity index is 1.43. The topological polar surface area (TPSA) is 90.1 Å². The summed E-state index contributed by atoms with van der Waals surface area (Å²) in [5.41, 5.74) is 5.01. The van der Waals surface area contributed by atoms with E-state index in [0.717, 1.165) is 10.3 Å². The maximum Gasteiger partial charge on any atom is 0.268 e. The molecule has 182 valence electrons. The van der Waals surface area contributed by atoms with Crippen molar-refractivity contribution in [1.82, 2.24) is 25.5 Å². The number of aromatic amines is 1. The van der Waals surface area contributed by atoms with Crippen LogP contribution >= 0.6 is 11.3 Å². The fourth-order valence-corrected chi connectivity index (χ4v) is 4.99. The monoisotopic (exact) mass is 489 g/mol. The molecule has 3 unspecified atom stereocenters. The zero-order valence-electron chi connectivity index (χ0n) is 20.2. The summed E-state index contributed by atoms with van der Waals surface area (Å²) in [6, 6.07) is 21.2. The van der Waals surface area contributed by atoms with Gasteiger partial charge < -0.3 is 20.5 Å². The molecule has 2 aromatic carbocycles. The van der Waals surface area contributed by atoms with E-state index >= 15 is 0 Å². The molecular formula is C27H31N5O2S. The molecule has 0 aliphatic heterocycles. The minimum absolute atomic E-state index is 0.0416. The van der Waals surface area contributed by atoms with Crippen molar-refractivity contribution >= 4 is 33.5 Å².